The molecule has 0 unspecified atom stereocenters. The van der Waals surface area contributed by atoms with Gasteiger partial charge in [0.15, 0.2) is 0 Å². The highest BCUT2D eigenvalue weighted by molar-refractivity contribution is 6.29. The third kappa shape index (κ3) is 7.35. The lowest BCUT2D eigenvalue weighted by Crippen LogP contribution is -1.97. The third-order valence-electron chi connectivity index (χ3n) is 1.20. The van der Waals surface area contributed by atoms with E-state index >= 15 is 0 Å². The van der Waals surface area contributed by atoms with E-state index in [2.05, 4.69) is 4.74 Å². The lowest BCUT2D eigenvalue weighted by molar-refractivity contribution is -0.140. The number of esters is 1. The minimum absolute atomic E-state index is 0.189. The fraction of sp³-hybridized carbons (Fsp3) is 0.444. The zero-order valence-corrected chi connectivity index (χ0v) is 8.10. The quantitative estimate of drug-likeness (QED) is 0.501. The lowest BCUT2D eigenvalue weighted by Gasteiger charge is -1.92. The molecule has 0 radical (unpaired) electrons. The predicted octanol–water partition coefficient (Wildman–Crippen LogP) is 2.64. The highest BCUT2D eigenvalue weighted by atomic mass is 35.5. The summed E-state index contributed by atoms with van der Waals surface area (Å²) in [6.45, 7) is 1.80. The van der Waals surface area contributed by atoms with Crippen molar-refractivity contribution in [2.45, 2.75) is 19.8 Å². The molecule has 0 rings (SSSR count). The normalized spacial score (nSPS) is 12.1. The van der Waals surface area contributed by atoms with Crippen LogP contribution in [0, 0.1) is 0 Å². The molecule has 0 fully saturated rings. The molecular weight excluding hydrogens is 176 g/mol. The highest BCUT2D eigenvalue weighted by Crippen LogP contribution is 1.99. The van der Waals surface area contributed by atoms with E-state index in [4.69, 9.17) is 11.6 Å². The van der Waals surface area contributed by atoms with Crippen LogP contribution in [0.5, 0.6) is 0 Å². The summed E-state index contributed by atoms with van der Waals surface area (Å²) in [6.07, 6.45) is 6.59. The summed E-state index contributed by atoms with van der Waals surface area (Å²) in [4.78, 5) is 10.6. The van der Waals surface area contributed by atoms with Gasteiger partial charge in [0.1, 0.15) is 0 Å². The molecule has 0 atom stereocenters. The summed E-state index contributed by atoms with van der Waals surface area (Å²) in [5.74, 6) is -0.189. The van der Waals surface area contributed by atoms with Crippen molar-refractivity contribution in [3.8, 4) is 0 Å². The lowest BCUT2D eigenvalue weighted by atomic mass is 10.3. The van der Waals surface area contributed by atoms with Gasteiger partial charge < -0.3 is 4.74 Å². The Morgan fingerprint density at radius 3 is 2.75 bits per heavy atom. The van der Waals surface area contributed by atoms with Gasteiger partial charge in [0, 0.05) is 11.5 Å². The summed E-state index contributed by atoms with van der Waals surface area (Å²) in [6, 6.07) is 0. The molecule has 0 aliphatic carbocycles. The SMILES string of the molecule is COC(=O)CC/C=C\C=C(/C)Cl. The van der Waals surface area contributed by atoms with Crippen LogP contribution in [0.2, 0.25) is 0 Å². The number of carbonyl (C=O) groups excluding carboxylic acids is 1. The van der Waals surface area contributed by atoms with Crippen LogP contribution >= 0.6 is 11.6 Å². The Kier molecular flexibility index (Phi) is 6.48. The molecular formula is C9H13ClO2. The summed E-state index contributed by atoms with van der Waals surface area (Å²) in [5, 5.41) is 0.726. The summed E-state index contributed by atoms with van der Waals surface area (Å²) < 4.78 is 4.46. The summed E-state index contributed by atoms with van der Waals surface area (Å²) >= 11 is 5.56. The Bertz CT molecular complexity index is 191. The van der Waals surface area contributed by atoms with Gasteiger partial charge in [-0.1, -0.05) is 23.8 Å². The van der Waals surface area contributed by atoms with Gasteiger partial charge in [0.25, 0.3) is 0 Å². The molecule has 0 saturated carbocycles. The van der Waals surface area contributed by atoms with Crippen molar-refractivity contribution in [3.63, 3.8) is 0 Å². The number of rotatable bonds is 4. The third-order valence-corrected chi connectivity index (χ3v) is 1.33. The van der Waals surface area contributed by atoms with E-state index in [1.807, 2.05) is 12.2 Å². The molecule has 0 N–H and O–H groups in total. The molecule has 0 bridgehead atoms. The van der Waals surface area contributed by atoms with Crippen molar-refractivity contribution in [2.24, 2.45) is 0 Å². The van der Waals surface area contributed by atoms with Gasteiger partial charge in [-0.15, -0.1) is 0 Å². The van der Waals surface area contributed by atoms with E-state index in [9.17, 15) is 4.79 Å². The highest BCUT2D eigenvalue weighted by Gasteiger charge is 1.94. The number of hydrogen-bond donors (Lipinski definition) is 0. The maximum atomic E-state index is 10.6. The van der Waals surface area contributed by atoms with Crippen LogP contribution in [-0.4, -0.2) is 13.1 Å². The molecule has 0 amide bonds. The molecule has 0 aromatic carbocycles. The monoisotopic (exact) mass is 188 g/mol. The minimum Gasteiger partial charge on any atom is -0.469 e. The second-order valence-corrected chi connectivity index (χ2v) is 2.89. The Hall–Kier alpha value is -0.760. The van der Waals surface area contributed by atoms with Gasteiger partial charge >= 0.3 is 5.97 Å². The van der Waals surface area contributed by atoms with Crippen LogP contribution in [0.15, 0.2) is 23.3 Å². The maximum Gasteiger partial charge on any atom is 0.305 e. The van der Waals surface area contributed by atoms with Crippen molar-refractivity contribution in [3.05, 3.63) is 23.3 Å². The molecule has 0 aromatic heterocycles. The number of hydrogen-bond acceptors (Lipinski definition) is 2. The first kappa shape index (κ1) is 11.2. The van der Waals surface area contributed by atoms with Crippen molar-refractivity contribution < 1.29 is 9.53 Å². The average molecular weight is 189 g/mol. The van der Waals surface area contributed by atoms with Gasteiger partial charge in [-0.25, -0.2) is 0 Å². The van der Waals surface area contributed by atoms with Gasteiger partial charge in [0.2, 0.25) is 0 Å². The molecule has 0 spiro atoms. The molecule has 0 aliphatic rings. The molecule has 0 saturated heterocycles. The smallest absolute Gasteiger partial charge is 0.305 e. The van der Waals surface area contributed by atoms with Gasteiger partial charge in [-0.05, 0) is 19.4 Å². The molecule has 0 aromatic rings. The zero-order chi connectivity index (χ0) is 9.40. The largest absolute Gasteiger partial charge is 0.469 e. The number of ether oxygens (including phenoxy) is 1. The molecule has 12 heavy (non-hydrogen) atoms. The number of carbonyl (C=O) groups is 1. The van der Waals surface area contributed by atoms with Gasteiger partial charge in [-0.3, -0.25) is 4.79 Å². The second kappa shape index (κ2) is 6.92. The number of methoxy groups -OCH3 is 1. The zero-order valence-electron chi connectivity index (χ0n) is 7.34. The van der Waals surface area contributed by atoms with Crippen LogP contribution in [0.25, 0.3) is 0 Å². The van der Waals surface area contributed by atoms with Gasteiger partial charge in [-0.2, -0.15) is 0 Å². The molecule has 68 valence electrons. The van der Waals surface area contributed by atoms with Crippen LogP contribution in [0.3, 0.4) is 0 Å². The molecule has 0 aliphatic heterocycles. The van der Waals surface area contributed by atoms with E-state index in [0.717, 1.165) is 5.03 Å². The Labute approximate surface area is 77.9 Å². The summed E-state index contributed by atoms with van der Waals surface area (Å²) in [5.41, 5.74) is 0. The number of allylic oxidation sites excluding steroid dienone is 4. The first-order valence-corrected chi connectivity index (χ1v) is 4.10. The van der Waals surface area contributed by atoms with E-state index in [0.29, 0.717) is 12.8 Å². The Morgan fingerprint density at radius 1 is 1.58 bits per heavy atom. The summed E-state index contributed by atoms with van der Waals surface area (Å²) in [7, 11) is 1.38. The van der Waals surface area contributed by atoms with Crippen LogP contribution < -0.4 is 0 Å². The van der Waals surface area contributed by atoms with Crippen LogP contribution in [0.4, 0.5) is 0 Å². The Balaban J connectivity index is 3.49. The fourth-order valence-corrected chi connectivity index (χ4v) is 0.673. The van der Waals surface area contributed by atoms with Gasteiger partial charge in [0.05, 0.1) is 7.11 Å². The van der Waals surface area contributed by atoms with Crippen molar-refractivity contribution >= 4 is 17.6 Å². The first-order chi connectivity index (χ1) is 5.66. The maximum absolute atomic E-state index is 10.6. The van der Waals surface area contributed by atoms with Crippen molar-refractivity contribution in [1.29, 1.82) is 0 Å². The van der Waals surface area contributed by atoms with E-state index in [-0.39, 0.29) is 5.97 Å². The molecule has 3 heteroatoms. The first-order valence-electron chi connectivity index (χ1n) is 3.72. The molecule has 0 heterocycles. The molecule has 2 nitrogen and oxygen atoms in total. The standard InChI is InChI=1S/C9H13ClO2/c1-8(10)6-4-3-5-7-9(11)12-2/h3-4,6H,5,7H2,1-2H3/b4-3-,8-6+. The predicted molar refractivity (Wildman–Crippen MR) is 50.0 cm³/mol. The average Bonchev–Trinajstić information content (AvgIpc) is 2.03. The fourth-order valence-electron chi connectivity index (χ4n) is 0.600. The topological polar surface area (TPSA) is 26.3 Å². The Morgan fingerprint density at radius 2 is 2.25 bits per heavy atom. The van der Waals surface area contributed by atoms with E-state index < -0.39 is 0 Å². The number of halogens is 1. The van der Waals surface area contributed by atoms with Crippen LogP contribution in [0.1, 0.15) is 19.8 Å². The van der Waals surface area contributed by atoms with E-state index in [1.54, 1.807) is 13.0 Å². The van der Waals surface area contributed by atoms with Crippen LogP contribution in [-0.2, 0) is 9.53 Å². The van der Waals surface area contributed by atoms with E-state index in [1.165, 1.54) is 7.11 Å². The van der Waals surface area contributed by atoms with Crippen molar-refractivity contribution in [2.75, 3.05) is 7.11 Å². The second-order valence-electron chi connectivity index (χ2n) is 2.30. The minimum atomic E-state index is -0.189. The van der Waals surface area contributed by atoms with Crippen molar-refractivity contribution in [1.82, 2.24) is 0 Å².